The number of allylic oxidation sites excluding steroid dienone is 2. The van der Waals surface area contributed by atoms with Gasteiger partial charge in [0.15, 0.2) is 0 Å². The number of pyridine rings is 1. The van der Waals surface area contributed by atoms with E-state index >= 15 is 0 Å². The van der Waals surface area contributed by atoms with Crippen molar-refractivity contribution in [2.75, 3.05) is 48.3 Å². The summed E-state index contributed by atoms with van der Waals surface area (Å²) >= 11 is 0. The highest BCUT2D eigenvalue weighted by Crippen LogP contribution is 2.43. The zero-order valence-corrected chi connectivity index (χ0v) is 23.6. The van der Waals surface area contributed by atoms with Gasteiger partial charge in [-0.3, -0.25) is 0 Å². The summed E-state index contributed by atoms with van der Waals surface area (Å²) < 4.78 is 0. The van der Waals surface area contributed by atoms with Crippen LogP contribution in [0.5, 0.6) is 0 Å². The number of nitrogens with one attached hydrogen (secondary N) is 1. The smallest absolute Gasteiger partial charge is 0.230 e. The van der Waals surface area contributed by atoms with Gasteiger partial charge in [-0.25, -0.2) is 9.97 Å². The van der Waals surface area contributed by atoms with Gasteiger partial charge in [0.1, 0.15) is 11.6 Å². The van der Waals surface area contributed by atoms with Crippen LogP contribution in [0.15, 0.2) is 48.5 Å². The van der Waals surface area contributed by atoms with Crippen LogP contribution in [0, 0.1) is 6.92 Å². The number of rotatable bonds is 9. The Labute approximate surface area is 223 Å². The van der Waals surface area contributed by atoms with E-state index in [1.54, 1.807) is 0 Å². The van der Waals surface area contributed by atoms with Crippen LogP contribution in [-0.4, -0.2) is 58.6 Å². The number of piperazine rings is 1. The largest absolute Gasteiger partial charge is 0.368 e. The second-order valence-electron chi connectivity index (χ2n) is 10.8. The first kappa shape index (κ1) is 27.1. The van der Waals surface area contributed by atoms with Crippen LogP contribution in [0.25, 0.3) is 0 Å². The molecule has 200 valence electrons. The quantitative estimate of drug-likeness (QED) is 0.394. The molecule has 1 N–H and O–H groups in total. The molecular formula is C30H45N7. The van der Waals surface area contributed by atoms with E-state index in [0.717, 1.165) is 67.6 Å². The lowest BCUT2D eigenvalue weighted by molar-refractivity contribution is 0.265. The standard InChI is InChI=1S/C30H45N7/c1-7-14-30(15-10-9-11-16-30)37(25(5)23(3)8-2)28-24(4)21-32-29(34-28)33-27-13-12-26(22-31-27)36-19-17-35(6)18-20-36/h8,12-13,21-22H,5,7,9-11,14-20H2,1-4,6H3,(H,31,32,33,34)/b23-8+. The van der Waals surface area contributed by atoms with E-state index in [0.29, 0.717) is 5.95 Å². The van der Waals surface area contributed by atoms with Gasteiger partial charge in [-0.1, -0.05) is 45.3 Å². The SMILES string of the molecule is C=C(/C(C)=C/C)N(c1nc(Nc2ccc(N3CCN(C)CC3)cn2)ncc1C)C1(CCC)CCCCC1. The van der Waals surface area contributed by atoms with Gasteiger partial charge in [0.05, 0.1) is 11.9 Å². The number of hydrogen-bond acceptors (Lipinski definition) is 7. The summed E-state index contributed by atoms with van der Waals surface area (Å²) in [6, 6.07) is 4.16. The number of aromatic nitrogens is 3. The Kier molecular flexibility index (Phi) is 8.85. The maximum Gasteiger partial charge on any atom is 0.230 e. The zero-order chi connectivity index (χ0) is 26.4. The first-order valence-electron chi connectivity index (χ1n) is 14.0. The van der Waals surface area contributed by atoms with Crippen molar-refractivity contribution < 1.29 is 0 Å². The van der Waals surface area contributed by atoms with Gasteiger partial charge in [-0.2, -0.15) is 4.98 Å². The first-order chi connectivity index (χ1) is 17.9. The molecule has 1 aliphatic heterocycles. The lowest BCUT2D eigenvalue weighted by atomic mass is 9.76. The zero-order valence-electron chi connectivity index (χ0n) is 23.6. The minimum Gasteiger partial charge on any atom is -0.368 e. The molecular weight excluding hydrogens is 458 g/mol. The molecule has 4 rings (SSSR count). The normalized spacial score (nSPS) is 18.5. The molecule has 7 nitrogen and oxygen atoms in total. The Morgan fingerprint density at radius 1 is 1.11 bits per heavy atom. The number of hydrogen-bond donors (Lipinski definition) is 1. The summed E-state index contributed by atoms with van der Waals surface area (Å²) in [6.07, 6.45) is 14.4. The second-order valence-corrected chi connectivity index (χ2v) is 10.8. The Bertz CT molecular complexity index is 1070. The Morgan fingerprint density at radius 3 is 2.46 bits per heavy atom. The molecule has 0 bridgehead atoms. The van der Waals surface area contributed by atoms with E-state index in [9.17, 15) is 0 Å². The van der Waals surface area contributed by atoms with Gasteiger partial charge in [0.25, 0.3) is 0 Å². The minimum atomic E-state index is 0.0349. The number of likely N-dealkylation sites (N-methyl/N-ethyl adjacent to an activating group) is 1. The van der Waals surface area contributed by atoms with Crippen molar-refractivity contribution in [3.8, 4) is 0 Å². The summed E-state index contributed by atoms with van der Waals surface area (Å²) in [6.45, 7) is 17.4. The van der Waals surface area contributed by atoms with E-state index < -0.39 is 0 Å². The molecule has 0 atom stereocenters. The van der Waals surface area contributed by atoms with Crippen LogP contribution < -0.4 is 15.1 Å². The Hall–Kier alpha value is -2.93. The molecule has 1 aliphatic carbocycles. The average Bonchev–Trinajstić information content (AvgIpc) is 2.91. The monoisotopic (exact) mass is 503 g/mol. The highest BCUT2D eigenvalue weighted by molar-refractivity contribution is 5.62. The van der Waals surface area contributed by atoms with E-state index in [2.05, 4.69) is 83.4 Å². The number of nitrogens with zero attached hydrogens (tertiary/aromatic N) is 6. The van der Waals surface area contributed by atoms with Crippen molar-refractivity contribution in [2.24, 2.45) is 0 Å². The van der Waals surface area contributed by atoms with Gasteiger partial charge >= 0.3 is 0 Å². The summed E-state index contributed by atoms with van der Waals surface area (Å²) in [5.41, 5.74) is 4.49. The lowest BCUT2D eigenvalue weighted by Gasteiger charge is -2.49. The van der Waals surface area contributed by atoms with Crippen molar-refractivity contribution in [3.05, 3.63) is 54.0 Å². The predicted molar refractivity (Wildman–Crippen MR) is 156 cm³/mol. The van der Waals surface area contributed by atoms with E-state index in [4.69, 9.17) is 4.98 Å². The van der Waals surface area contributed by atoms with E-state index in [1.807, 2.05) is 18.5 Å². The second kappa shape index (κ2) is 12.1. The van der Waals surface area contributed by atoms with Gasteiger partial charge < -0.3 is 20.0 Å². The molecule has 0 radical (unpaired) electrons. The number of anilines is 4. The third kappa shape index (κ3) is 6.15. The lowest BCUT2D eigenvalue weighted by Crippen LogP contribution is -2.50. The summed E-state index contributed by atoms with van der Waals surface area (Å²) in [4.78, 5) is 21.6. The highest BCUT2D eigenvalue weighted by Gasteiger charge is 2.40. The fourth-order valence-electron chi connectivity index (χ4n) is 5.79. The van der Waals surface area contributed by atoms with Crippen LogP contribution in [-0.2, 0) is 0 Å². The summed E-state index contributed by atoms with van der Waals surface area (Å²) in [5.74, 6) is 2.27. The first-order valence-corrected chi connectivity index (χ1v) is 14.0. The van der Waals surface area contributed by atoms with Crippen LogP contribution in [0.3, 0.4) is 0 Å². The topological polar surface area (TPSA) is 60.4 Å². The molecule has 0 unspecified atom stereocenters. The van der Waals surface area contributed by atoms with Crippen molar-refractivity contribution >= 4 is 23.3 Å². The molecule has 3 heterocycles. The number of aryl methyl sites for hydroxylation is 1. The fraction of sp³-hybridized carbons (Fsp3) is 0.567. The van der Waals surface area contributed by atoms with E-state index in [-0.39, 0.29) is 5.54 Å². The molecule has 2 aromatic rings. The minimum absolute atomic E-state index is 0.0349. The van der Waals surface area contributed by atoms with Crippen molar-refractivity contribution in [1.82, 2.24) is 19.9 Å². The molecule has 0 spiro atoms. The van der Waals surface area contributed by atoms with Crippen molar-refractivity contribution in [1.29, 1.82) is 0 Å². The fourth-order valence-corrected chi connectivity index (χ4v) is 5.79. The molecule has 0 amide bonds. The molecule has 0 aromatic carbocycles. The highest BCUT2D eigenvalue weighted by atomic mass is 15.3. The maximum absolute atomic E-state index is 5.09. The van der Waals surface area contributed by atoms with Crippen LogP contribution in [0.1, 0.15) is 71.3 Å². The third-order valence-electron chi connectivity index (χ3n) is 8.15. The van der Waals surface area contributed by atoms with Crippen molar-refractivity contribution in [3.63, 3.8) is 0 Å². The van der Waals surface area contributed by atoms with E-state index in [1.165, 1.54) is 37.7 Å². The van der Waals surface area contributed by atoms with Crippen LogP contribution >= 0.6 is 0 Å². The maximum atomic E-state index is 5.09. The summed E-state index contributed by atoms with van der Waals surface area (Å²) in [5, 5.41) is 3.36. The molecule has 1 saturated carbocycles. The Morgan fingerprint density at radius 2 is 1.84 bits per heavy atom. The molecule has 2 fully saturated rings. The molecule has 37 heavy (non-hydrogen) atoms. The predicted octanol–water partition coefficient (Wildman–Crippen LogP) is 6.46. The van der Waals surface area contributed by atoms with Crippen LogP contribution in [0.2, 0.25) is 0 Å². The molecule has 2 aliphatic rings. The van der Waals surface area contributed by atoms with Gasteiger partial charge in [0.2, 0.25) is 5.95 Å². The van der Waals surface area contributed by atoms with Gasteiger partial charge in [-0.05, 0) is 64.8 Å². The van der Waals surface area contributed by atoms with Gasteiger partial charge in [0, 0.05) is 49.2 Å². The third-order valence-corrected chi connectivity index (χ3v) is 8.15. The van der Waals surface area contributed by atoms with Crippen LogP contribution in [0.4, 0.5) is 23.3 Å². The average molecular weight is 504 g/mol. The summed E-state index contributed by atoms with van der Waals surface area (Å²) in [7, 11) is 2.17. The Balaban J connectivity index is 1.62. The molecule has 7 heteroatoms. The molecule has 1 saturated heterocycles. The molecule has 2 aromatic heterocycles. The van der Waals surface area contributed by atoms with Gasteiger partial charge in [-0.15, -0.1) is 0 Å². The van der Waals surface area contributed by atoms with Crippen molar-refractivity contribution in [2.45, 2.75) is 78.2 Å².